The van der Waals surface area contributed by atoms with Crippen LogP contribution in [0.2, 0.25) is 0 Å². The zero-order valence-electron chi connectivity index (χ0n) is 14.9. The predicted molar refractivity (Wildman–Crippen MR) is 100 cm³/mol. The van der Waals surface area contributed by atoms with Gasteiger partial charge in [0, 0.05) is 24.2 Å². The molecule has 0 fully saturated rings. The summed E-state index contributed by atoms with van der Waals surface area (Å²) in [6, 6.07) is 16.7. The van der Waals surface area contributed by atoms with Gasteiger partial charge in [0.2, 0.25) is 0 Å². The summed E-state index contributed by atoms with van der Waals surface area (Å²) in [6.07, 6.45) is 1.81. The van der Waals surface area contributed by atoms with E-state index in [2.05, 4.69) is 0 Å². The minimum Gasteiger partial charge on any atom is -0.457 e. The molecule has 0 atom stereocenters. The second-order valence-electron chi connectivity index (χ2n) is 6.93. The van der Waals surface area contributed by atoms with Gasteiger partial charge in [0.25, 0.3) is 0 Å². The van der Waals surface area contributed by atoms with E-state index in [0.717, 1.165) is 11.3 Å². The lowest BCUT2D eigenvalue weighted by Gasteiger charge is -2.20. The monoisotopic (exact) mass is 337 g/mol. The van der Waals surface area contributed by atoms with Crippen LogP contribution < -0.4 is 10.2 Å². The van der Waals surface area contributed by atoms with E-state index in [1.807, 2.05) is 74.0 Å². The molecule has 3 rings (SSSR count). The van der Waals surface area contributed by atoms with Crippen molar-refractivity contribution < 1.29 is 9.47 Å². The van der Waals surface area contributed by atoms with Gasteiger partial charge in [-0.2, -0.15) is 0 Å². The zero-order chi connectivity index (χ0) is 17.9. The molecule has 0 aliphatic rings. The van der Waals surface area contributed by atoms with Crippen molar-refractivity contribution in [2.24, 2.45) is 0 Å². The number of hydrogen-bond donors (Lipinski definition) is 0. The summed E-state index contributed by atoms with van der Waals surface area (Å²) in [5, 5.41) is 0.645. The molecule has 0 saturated heterocycles. The molecule has 0 spiro atoms. The Morgan fingerprint density at radius 3 is 2.44 bits per heavy atom. The highest BCUT2D eigenvalue weighted by Crippen LogP contribution is 2.24. The minimum atomic E-state index is -0.175. The first-order chi connectivity index (χ1) is 11.9. The highest BCUT2D eigenvalue weighted by molar-refractivity contribution is 5.80. The van der Waals surface area contributed by atoms with Crippen LogP contribution in [0.1, 0.15) is 20.8 Å². The number of hydrogen-bond acceptors (Lipinski definition) is 3. The minimum absolute atomic E-state index is 0.0125. The maximum Gasteiger partial charge on any atom is 0.189 e. The molecule has 25 heavy (non-hydrogen) atoms. The maximum absolute atomic E-state index is 12.3. The van der Waals surface area contributed by atoms with E-state index in [4.69, 9.17) is 9.47 Å². The van der Waals surface area contributed by atoms with Crippen LogP contribution in [0.25, 0.3) is 10.9 Å². The lowest BCUT2D eigenvalue weighted by atomic mass is 10.2. The number of fused-ring (bicyclic) bond motifs is 1. The van der Waals surface area contributed by atoms with Gasteiger partial charge in [0.05, 0.1) is 17.7 Å². The topological polar surface area (TPSA) is 40.5 Å². The molecule has 4 heteroatoms. The van der Waals surface area contributed by atoms with Crippen LogP contribution in [0.3, 0.4) is 0 Å². The van der Waals surface area contributed by atoms with Crippen LogP contribution in [0, 0.1) is 0 Å². The summed E-state index contributed by atoms with van der Waals surface area (Å²) in [4.78, 5) is 12.3. The molecular weight excluding hydrogens is 314 g/mol. The van der Waals surface area contributed by atoms with Crippen molar-refractivity contribution in [1.82, 2.24) is 4.57 Å². The lowest BCUT2D eigenvalue weighted by molar-refractivity contribution is -0.00649. The largest absolute Gasteiger partial charge is 0.457 e. The fourth-order valence-corrected chi connectivity index (χ4v) is 2.62. The first-order valence-corrected chi connectivity index (χ1v) is 8.42. The van der Waals surface area contributed by atoms with E-state index in [9.17, 15) is 4.79 Å². The Balaban J connectivity index is 1.87. The van der Waals surface area contributed by atoms with Gasteiger partial charge in [-0.1, -0.05) is 18.2 Å². The van der Waals surface area contributed by atoms with Gasteiger partial charge < -0.3 is 14.0 Å². The Bertz CT molecular complexity index is 908. The van der Waals surface area contributed by atoms with Gasteiger partial charge in [-0.15, -0.1) is 0 Å². The molecular formula is C21H23NO3. The van der Waals surface area contributed by atoms with E-state index in [1.165, 1.54) is 0 Å². The molecule has 0 aliphatic heterocycles. The molecule has 0 bridgehead atoms. The third-order valence-corrected chi connectivity index (χ3v) is 3.79. The Hall–Kier alpha value is -2.59. The fraction of sp³-hybridized carbons (Fsp3) is 0.286. The van der Waals surface area contributed by atoms with Crippen molar-refractivity contribution in [3.05, 3.63) is 71.0 Å². The molecule has 4 nitrogen and oxygen atoms in total. The Labute approximate surface area is 147 Å². The van der Waals surface area contributed by atoms with Crippen LogP contribution in [0.15, 0.2) is 65.6 Å². The summed E-state index contributed by atoms with van der Waals surface area (Å²) in [5.74, 6) is 1.40. The highest BCUT2D eigenvalue weighted by Gasteiger charge is 2.10. The van der Waals surface area contributed by atoms with Crippen LogP contribution >= 0.6 is 0 Å². The normalized spacial score (nSPS) is 11.6. The first kappa shape index (κ1) is 17.2. The summed E-state index contributed by atoms with van der Waals surface area (Å²) in [7, 11) is 0. The lowest BCUT2D eigenvalue weighted by Crippen LogP contribution is -2.22. The Morgan fingerprint density at radius 1 is 0.960 bits per heavy atom. The number of rotatable bonds is 5. The van der Waals surface area contributed by atoms with Crippen LogP contribution in [0.4, 0.5) is 0 Å². The molecule has 2 aromatic carbocycles. The summed E-state index contributed by atoms with van der Waals surface area (Å²) >= 11 is 0. The van der Waals surface area contributed by atoms with Crippen molar-refractivity contribution in [3.63, 3.8) is 0 Å². The highest BCUT2D eigenvalue weighted by atomic mass is 16.5. The van der Waals surface area contributed by atoms with Crippen molar-refractivity contribution >= 4 is 10.9 Å². The molecule has 3 aromatic rings. The van der Waals surface area contributed by atoms with Gasteiger partial charge >= 0.3 is 0 Å². The van der Waals surface area contributed by atoms with Crippen molar-refractivity contribution in [1.29, 1.82) is 0 Å². The maximum atomic E-state index is 12.3. The number of para-hydroxylation sites is 1. The summed E-state index contributed by atoms with van der Waals surface area (Å²) in [5.41, 5.74) is 0.692. The molecule has 0 saturated carbocycles. The van der Waals surface area contributed by atoms with Gasteiger partial charge in [0.1, 0.15) is 11.5 Å². The van der Waals surface area contributed by atoms with E-state index < -0.39 is 0 Å². The van der Waals surface area contributed by atoms with Gasteiger partial charge in [-0.25, -0.2) is 0 Å². The molecule has 1 aromatic heterocycles. The van der Waals surface area contributed by atoms with Crippen molar-refractivity contribution in [3.8, 4) is 11.5 Å². The van der Waals surface area contributed by atoms with E-state index >= 15 is 0 Å². The second kappa shape index (κ2) is 7.11. The average Bonchev–Trinajstić information content (AvgIpc) is 2.57. The average molecular weight is 337 g/mol. The summed E-state index contributed by atoms with van der Waals surface area (Å²) in [6.45, 7) is 7.37. The van der Waals surface area contributed by atoms with Crippen molar-refractivity contribution in [2.75, 3.05) is 6.61 Å². The molecule has 0 radical (unpaired) electrons. The predicted octanol–water partition coefficient (Wildman–Crippen LogP) is 4.61. The number of nitrogens with zero attached hydrogens (tertiary/aromatic N) is 1. The smallest absolute Gasteiger partial charge is 0.189 e. The third-order valence-electron chi connectivity index (χ3n) is 3.79. The summed E-state index contributed by atoms with van der Waals surface area (Å²) < 4.78 is 13.7. The first-order valence-electron chi connectivity index (χ1n) is 8.42. The van der Waals surface area contributed by atoms with Gasteiger partial charge in [-0.3, -0.25) is 4.79 Å². The number of pyridine rings is 1. The second-order valence-corrected chi connectivity index (χ2v) is 6.93. The molecule has 130 valence electrons. The molecule has 0 N–H and O–H groups in total. The van der Waals surface area contributed by atoms with E-state index in [-0.39, 0.29) is 11.0 Å². The van der Waals surface area contributed by atoms with E-state index in [1.54, 1.807) is 12.1 Å². The van der Waals surface area contributed by atoms with Gasteiger partial charge in [0.15, 0.2) is 5.43 Å². The SMILES string of the molecule is CC(C)(C)OCCn1ccc(=O)c2cc(Oc3ccccc3)ccc21. The van der Waals surface area contributed by atoms with Gasteiger partial charge in [-0.05, 0) is 51.1 Å². The molecule has 0 amide bonds. The third kappa shape index (κ3) is 4.48. The number of ether oxygens (including phenoxy) is 2. The Kier molecular flexibility index (Phi) is 4.91. The van der Waals surface area contributed by atoms with Crippen LogP contribution in [-0.2, 0) is 11.3 Å². The standard InChI is InChI=1S/C21H23NO3/c1-21(2,3)24-14-13-22-12-11-20(23)18-15-17(9-10-19(18)22)25-16-7-5-4-6-8-16/h4-12,15H,13-14H2,1-3H3. The molecule has 1 heterocycles. The number of benzene rings is 2. The molecule has 0 aliphatic carbocycles. The fourth-order valence-electron chi connectivity index (χ4n) is 2.62. The van der Waals surface area contributed by atoms with Crippen LogP contribution in [0.5, 0.6) is 11.5 Å². The Morgan fingerprint density at radius 2 is 1.72 bits per heavy atom. The van der Waals surface area contributed by atoms with Crippen molar-refractivity contribution in [2.45, 2.75) is 32.9 Å². The number of aromatic nitrogens is 1. The van der Waals surface area contributed by atoms with Crippen LogP contribution in [-0.4, -0.2) is 16.8 Å². The van der Waals surface area contributed by atoms with E-state index in [0.29, 0.717) is 24.3 Å². The quantitative estimate of drug-likeness (QED) is 0.683. The molecule has 0 unspecified atom stereocenters. The zero-order valence-corrected chi connectivity index (χ0v) is 14.9.